The highest BCUT2D eigenvalue weighted by Gasteiger charge is 2.02. The molecule has 0 aliphatic rings. The Bertz CT molecular complexity index is 256. The molecule has 0 aliphatic heterocycles. The van der Waals surface area contributed by atoms with E-state index in [1.54, 1.807) is 6.07 Å². The number of nitrogens with two attached hydrogens (primary N) is 2. The predicted octanol–water partition coefficient (Wildman–Crippen LogP) is 1.37. The van der Waals surface area contributed by atoms with Gasteiger partial charge in [0.25, 0.3) is 0 Å². The molecule has 4 N–H and O–H groups in total. The molecule has 3 nitrogen and oxygen atoms in total. The third-order valence-corrected chi connectivity index (χ3v) is 1.57. The summed E-state index contributed by atoms with van der Waals surface area (Å²) < 4.78 is 0. The van der Waals surface area contributed by atoms with Gasteiger partial charge in [-0.05, 0) is 18.1 Å². The second-order valence-corrected chi connectivity index (χ2v) is 2.87. The summed E-state index contributed by atoms with van der Waals surface area (Å²) >= 11 is 0. The van der Waals surface area contributed by atoms with Crippen LogP contribution in [-0.4, -0.2) is 4.98 Å². The number of hydrogen-bond acceptors (Lipinski definition) is 3. The van der Waals surface area contributed by atoms with E-state index in [0.717, 1.165) is 5.69 Å². The van der Waals surface area contributed by atoms with Crippen LogP contribution in [0.1, 0.15) is 25.5 Å². The van der Waals surface area contributed by atoms with Crippen molar-refractivity contribution in [2.24, 2.45) is 0 Å². The number of aromatic nitrogens is 1. The van der Waals surface area contributed by atoms with Gasteiger partial charge < -0.3 is 11.5 Å². The van der Waals surface area contributed by atoms with E-state index < -0.39 is 0 Å². The Balaban J connectivity index is 3.05. The molecule has 11 heavy (non-hydrogen) atoms. The molecule has 0 amide bonds. The van der Waals surface area contributed by atoms with Gasteiger partial charge in [0.2, 0.25) is 0 Å². The summed E-state index contributed by atoms with van der Waals surface area (Å²) in [7, 11) is 0. The van der Waals surface area contributed by atoms with Gasteiger partial charge in [-0.1, -0.05) is 13.8 Å². The van der Waals surface area contributed by atoms with Crippen LogP contribution in [-0.2, 0) is 0 Å². The standard InChI is InChI=1S/C8H13N3/c1-5(2)7-4-3-6(9)8(10)11-7/h3-5H,9H2,1-2H3,(H2,10,11). The van der Waals surface area contributed by atoms with Crippen molar-refractivity contribution in [2.45, 2.75) is 19.8 Å². The minimum Gasteiger partial charge on any atom is -0.396 e. The molecule has 1 heterocycles. The molecule has 0 unspecified atom stereocenters. The van der Waals surface area contributed by atoms with Gasteiger partial charge in [-0.15, -0.1) is 0 Å². The van der Waals surface area contributed by atoms with Crippen LogP contribution in [0.4, 0.5) is 11.5 Å². The minimum absolute atomic E-state index is 0.401. The maximum Gasteiger partial charge on any atom is 0.146 e. The maximum absolute atomic E-state index is 5.52. The molecule has 0 bridgehead atoms. The minimum atomic E-state index is 0.401. The molecule has 1 aromatic rings. The zero-order valence-electron chi connectivity index (χ0n) is 6.83. The largest absolute Gasteiger partial charge is 0.396 e. The fourth-order valence-corrected chi connectivity index (χ4v) is 0.823. The van der Waals surface area contributed by atoms with Crippen LogP contribution in [0.5, 0.6) is 0 Å². The lowest BCUT2D eigenvalue weighted by atomic mass is 10.1. The van der Waals surface area contributed by atoms with E-state index in [9.17, 15) is 0 Å². The monoisotopic (exact) mass is 151 g/mol. The van der Waals surface area contributed by atoms with Gasteiger partial charge >= 0.3 is 0 Å². The Hall–Kier alpha value is -1.25. The van der Waals surface area contributed by atoms with Gasteiger partial charge in [0.15, 0.2) is 0 Å². The molecule has 1 rings (SSSR count). The lowest BCUT2D eigenvalue weighted by molar-refractivity contribution is 0.826. The third-order valence-electron chi connectivity index (χ3n) is 1.57. The first-order valence-corrected chi connectivity index (χ1v) is 3.63. The molecule has 0 atom stereocenters. The van der Waals surface area contributed by atoms with Gasteiger partial charge in [0, 0.05) is 5.69 Å². The van der Waals surface area contributed by atoms with Gasteiger partial charge in [-0.2, -0.15) is 0 Å². The Morgan fingerprint density at radius 1 is 1.27 bits per heavy atom. The van der Waals surface area contributed by atoms with E-state index in [0.29, 0.717) is 17.4 Å². The van der Waals surface area contributed by atoms with Gasteiger partial charge in [-0.25, -0.2) is 4.98 Å². The first kappa shape index (κ1) is 7.85. The van der Waals surface area contributed by atoms with E-state index in [4.69, 9.17) is 11.5 Å². The Kier molecular flexibility index (Phi) is 1.98. The topological polar surface area (TPSA) is 64.9 Å². The smallest absolute Gasteiger partial charge is 0.146 e. The van der Waals surface area contributed by atoms with Crippen LogP contribution in [0.2, 0.25) is 0 Å². The summed E-state index contributed by atoms with van der Waals surface area (Å²) in [5.74, 6) is 0.828. The fourth-order valence-electron chi connectivity index (χ4n) is 0.823. The Labute approximate surface area is 66.4 Å². The van der Waals surface area contributed by atoms with E-state index in [1.807, 2.05) is 6.07 Å². The second kappa shape index (κ2) is 2.78. The van der Waals surface area contributed by atoms with Crippen molar-refractivity contribution in [2.75, 3.05) is 11.5 Å². The summed E-state index contributed by atoms with van der Waals surface area (Å²) in [6.07, 6.45) is 0. The summed E-state index contributed by atoms with van der Waals surface area (Å²) in [5, 5.41) is 0. The van der Waals surface area contributed by atoms with Crippen LogP contribution in [0.15, 0.2) is 12.1 Å². The number of hydrogen-bond donors (Lipinski definition) is 2. The molecule has 0 saturated carbocycles. The van der Waals surface area contributed by atoms with Gasteiger partial charge in [-0.3, -0.25) is 0 Å². The number of anilines is 2. The average molecular weight is 151 g/mol. The highest BCUT2D eigenvalue weighted by molar-refractivity contribution is 5.57. The first-order chi connectivity index (χ1) is 5.11. The molecule has 0 saturated heterocycles. The quantitative estimate of drug-likeness (QED) is 0.637. The molecule has 0 spiro atoms. The summed E-state index contributed by atoms with van der Waals surface area (Å²) in [4.78, 5) is 4.12. The lowest BCUT2D eigenvalue weighted by Gasteiger charge is -2.05. The number of rotatable bonds is 1. The summed E-state index contributed by atoms with van der Waals surface area (Å²) in [6, 6.07) is 3.69. The van der Waals surface area contributed by atoms with Crippen LogP contribution in [0, 0.1) is 0 Å². The van der Waals surface area contributed by atoms with E-state index in [1.165, 1.54) is 0 Å². The van der Waals surface area contributed by atoms with E-state index in [2.05, 4.69) is 18.8 Å². The normalized spacial score (nSPS) is 10.5. The molecule has 0 aliphatic carbocycles. The SMILES string of the molecule is CC(C)c1ccc(N)c(N)n1. The third kappa shape index (κ3) is 1.61. The predicted molar refractivity (Wildman–Crippen MR) is 47.2 cm³/mol. The van der Waals surface area contributed by atoms with Crippen molar-refractivity contribution in [1.29, 1.82) is 0 Å². The summed E-state index contributed by atoms with van der Waals surface area (Å²) in [5.41, 5.74) is 12.6. The molecule has 1 aromatic heterocycles. The number of nitrogens with zero attached hydrogens (tertiary/aromatic N) is 1. The van der Waals surface area contributed by atoms with Crippen molar-refractivity contribution < 1.29 is 0 Å². The van der Waals surface area contributed by atoms with Crippen LogP contribution in [0.3, 0.4) is 0 Å². The number of nitrogen functional groups attached to an aromatic ring is 2. The summed E-state index contributed by atoms with van der Waals surface area (Å²) in [6.45, 7) is 4.13. The van der Waals surface area contributed by atoms with Crippen molar-refractivity contribution in [3.05, 3.63) is 17.8 Å². The van der Waals surface area contributed by atoms with Crippen molar-refractivity contribution >= 4 is 11.5 Å². The van der Waals surface area contributed by atoms with Crippen molar-refractivity contribution in [3.8, 4) is 0 Å². The van der Waals surface area contributed by atoms with E-state index in [-0.39, 0.29) is 0 Å². The molecule has 0 fully saturated rings. The molecule has 0 radical (unpaired) electrons. The maximum atomic E-state index is 5.52. The van der Waals surface area contributed by atoms with Gasteiger partial charge in [0.05, 0.1) is 5.69 Å². The fraction of sp³-hybridized carbons (Fsp3) is 0.375. The number of pyridine rings is 1. The Morgan fingerprint density at radius 2 is 1.91 bits per heavy atom. The zero-order valence-corrected chi connectivity index (χ0v) is 6.83. The van der Waals surface area contributed by atoms with Gasteiger partial charge in [0.1, 0.15) is 5.82 Å². The van der Waals surface area contributed by atoms with Crippen LogP contribution >= 0.6 is 0 Å². The lowest BCUT2D eigenvalue weighted by Crippen LogP contribution is -2.01. The van der Waals surface area contributed by atoms with Crippen LogP contribution in [0.25, 0.3) is 0 Å². The molecule has 0 aromatic carbocycles. The molecule has 60 valence electrons. The first-order valence-electron chi connectivity index (χ1n) is 3.63. The highest BCUT2D eigenvalue weighted by atomic mass is 14.9. The van der Waals surface area contributed by atoms with Crippen molar-refractivity contribution in [1.82, 2.24) is 4.98 Å². The Morgan fingerprint density at radius 3 is 2.36 bits per heavy atom. The average Bonchev–Trinajstić information content (AvgIpc) is 1.94. The zero-order chi connectivity index (χ0) is 8.43. The molecule has 3 heteroatoms. The van der Waals surface area contributed by atoms with Crippen LogP contribution < -0.4 is 11.5 Å². The van der Waals surface area contributed by atoms with E-state index >= 15 is 0 Å². The molecular formula is C8H13N3. The second-order valence-electron chi connectivity index (χ2n) is 2.87. The highest BCUT2D eigenvalue weighted by Crippen LogP contribution is 2.17. The van der Waals surface area contributed by atoms with Crippen molar-refractivity contribution in [3.63, 3.8) is 0 Å². The molecular weight excluding hydrogens is 138 g/mol.